The van der Waals surface area contributed by atoms with Gasteiger partial charge in [0.05, 0.1) is 17.3 Å². The summed E-state index contributed by atoms with van der Waals surface area (Å²) in [5.41, 5.74) is 1.04. The van der Waals surface area contributed by atoms with E-state index in [4.69, 9.17) is 4.74 Å². The van der Waals surface area contributed by atoms with Crippen LogP contribution in [0.4, 0.5) is 0 Å². The lowest BCUT2D eigenvalue weighted by Crippen LogP contribution is -1.84. The Labute approximate surface area is 83.8 Å². The SMILES string of the molecule is COc1cccc2c1sc1ncnn12. The quantitative estimate of drug-likeness (QED) is 0.609. The summed E-state index contributed by atoms with van der Waals surface area (Å²) in [6.45, 7) is 0. The van der Waals surface area contributed by atoms with Crippen LogP contribution in [-0.4, -0.2) is 21.7 Å². The van der Waals surface area contributed by atoms with Gasteiger partial charge in [0.25, 0.3) is 0 Å². The zero-order valence-electron chi connectivity index (χ0n) is 7.47. The maximum absolute atomic E-state index is 5.27. The van der Waals surface area contributed by atoms with Gasteiger partial charge in [-0.25, -0.2) is 9.50 Å². The molecule has 0 amide bonds. The fourth-order valence-electron chi connectivity index (χ4n) is 1.49. The van der Waals surface area contributed by atoms with Crippen molar-refractivity contribution in [2.45, 2.75) is 0 Å². The molecule has 2 heterocycles. The summed E-state index contributed by atoms with van der Waals surface area (Å²) in [6.07, 6.45) is 1.56. The van der Waals surface area contributed by atoms with Crippen LogP contribution in [0.15, 0.2) is 24.5 Å². The first-order chi connectivity index (χ1) is 6.90. The van der Waals surface area contributed by atoms with Gasteiger partial charge in [0.1, 0.15) is 12.1 Å². The molecule has 4 nitrogen and oxygen atoms in total. The highest BCUT2D eigenvalue weighted by molar-refractivity contribution is 7.23. The van der Waals surface area contributed by atoms with E-state index < -0.39 is 0 Å². The highest BCUT2D eigenvalue weighted by Crippen LogP contribution is 2.32. The first kappa shape index (κ1) is 7.75. The van der Waals surface area contributed by atoms with E-state index in [9.17, 15) is 0 Å². The number of nitrogens with zero attached hydrogens (tertiary/aromatic N) is 3. The summed E-state index contributed by atoms with van der Waals surface area (Å²) >= 11 is 1.58. The predicted octanol–water partition coefficient (Wildman–Crippen LogP) is 1.95. The maximum Gasteiger partial charge on any atom is 0.213 e. The van der Waals surface area contributed by atoms with Crippen LogP contribution in [0, 0.1) is 0 Å². The molecule has 5 heteroatoms. The molecule has 0 spiro atoms. The molecule has 0 aliphatic rings. The second-order valence-corrected chi connectivity index (χ2v) is 3.84. The largest absolute Gasteiger partial charge is 0.495 e. The van der Waals surface area contributed by atoms with E-state index >= 15 is 0 Å². The number of hydrogen-bond donors (Lipinski definition) is 0. The van der Waals surface area contributed by atoms with Crippen molar-refractivity contribution in [2.24, 2.45) is 0 Å². The van der Waals surface area contributed by atoms with Gasteiger partial charge >= 0.3 is 0 Å². The third-order valence-corrected chi connectivity index (χ3v) is 3.19. The van der Waals surface area contributed by atoms with Crippen molar-refractivity contribution >= 4 is 26.5 Å². The Morgan fingerprint density at radius 1 is 1.43 bits per heavy atom. The van der Waals surface area contributed by atoms with Gasteiger partial charge in [-0.15, -0.1) is 0 Å². The van der Waals surface area contributed by atoms with Crippen LogP contribution in [0.2, 0.25) is 0 Å². The molecule has 2 aromatic heterocycles. The molecule has 0 radical (unpaired) electrons. The second-order valence-electron chi connectivity index (χ2n) is 2.87. The molecular weight excluding hydrogens is 198 g/mol. The van der Waals surface area contributed by atoms with Gasteiger partial charge in [0.2, 0.25) is 4.96 Å². The van der Waals surface area contributed by atoms with Gasteiger partial charge in [-0.3, -0.25) is 0 Å². The van der Waals surface area contributed by atoms with Gasteiger partial charge in [0.15, 0.2) is 0 Å². The van der Waals surface area contributed by atoms with Gasteiger partial charge in [-0.2, -0.15) is 5.10 Å². The Morgan fingerprint density at radius 2 is 2.36 bits per heavy atom. The molecule has 0 saturated heterocycles. The van der Waals surface area contributed by atoms with Gasteiger partial charge < -0.3 is 4.74 Å². The van der Waals surface area contributed by atoms with Crippen molar-refractivity contribution in [3.63, 3.8) is 0 Å². The third kappa shape index (κ3) is 0.871. The average Bonchev–Trinajstić information content (AvgIpc) is 2.76. The predicted molar refractivity (Wildman–Crippen MR) is 54.9 cm³/mol. The number of benzene rings is 1. The molecule has 0 aliphatic heterocycles. The molecule has 0 aliphatic carbocycles. The van der Waals surface area contributed by atoms with E-state index in [2.05, 4.69) is 10.1 Å². The number of hydrogen-bond acceptors (Lipinski definition) is 4. The van der Waals surface area contributed by atoms with Crippen LogP contribution >= 0.6 is 11.3 Å². The molecule has 0 N–H and O–H groups in total. The smallest absolute Gasteiger partial charge is 0.213 e. The molecule has 3 rings (SSSR count). The summed E-state index contributed by atoms with van der Waals surface area (Å²) in [5, 5.41) is 4.14. The molecule has 0 fully saturated rings. The zero-order chi connectivity index (χ0) is 9.54. The van der Waals surface area contributed by atoms with Crippen LogP contribution < -0.4 is 4.74 Å². The lowest BCUT2D eigenvalue weighted by Gasteiger charge is -1.98. The molecule has 0 saturated carbocycles. The average molecular weight is 205 g/mol. The van der Waals surface area contributed by atoms with Crippen molar-refractivity contribution in [3.8, 4) is 5.75 Å². The second kappa shape index (κ2) is 2.68. The van der Waals surface area contributed by atoms with E-state index in [1.165, 1.54) is 0 Å². The first-order valence-corrected chi connectivity index (χ1v) is 4.97. The van der Waals surface area contributed by atoms with Gasteiger partial charge in [-0.1, -0.05) is 17.4 Å². The summed E-state index contributed by atoms with van der Waals surface area (Å²) in [7, 11) is 1.67. The minimum Gasteiger partial charge on any atom is -0.495 e. The lowest BCUT2D eigenvalue weighted by molar-refractivity contribution is 0.420. The van der Waals surface area contributed by atoms with E-state index in [-0.39, 0.29) is 0 Å². The van der Waals surface area contributed by atoms with Crippen molar-refractivity contribution < 1.29 is 4.74 Å². The fraction of sp³-hybridized carbons (Fsp3) is 0.111. The van der Waals surface area contributed by atoms with E-state index in [0.717, 1.165) is 20.9 Å². The summed E-state index contributed by atoms with van der Waals surface area (Å²) < 4.78 is 8.18. The van der Waals surface area contributed by atoms with Crippen molar-refractivity contribution in [3.05, 3.63) is 24.5 Å². The van der Waals surface area contributed by atoms with Gasteiger partial charge in [0, 0.05) is 0 Å². The van der Waals surface area contributed by atoms with E-state index in [1.54, 1.807) is 24.8 Å². The molecule has 3 aromatic rings. The van der Waals surface area contributed by atoms with Crippen LogP contribution in [0.1, 0.15) is 0 Å². The number of rotatable bonds is 1. The maximum atomic E-state index is 5.27. The Balaban J connectivity index is 2.54. The topological polar surface area (TPSA) is 39.4 Å². The normalized spacial score (nSPS) is 11.2. The number of aromatic nitrogens is 3. The Morgan fingerprint density at radius 3 is 3.21 bits per heavy atom. The molecule has 0 bridgehead atoms. The first-order valence-electron chi connectivity index (χ1n) is 4.15. The lowest BCUT2D eigenvalue weighted by atomic mass is 10.3. The Hall–Kier alpha value is -1.62. The minimum absolute atomic E-state index is 0.875. The Kier molecular flexibility index (Phi) is 1.49. The van der Waals surface area contributed by atoms with Crippen molar-refractivity contribution in [1.82, 2.24) is 14.6 Å². The zero-order valence-corrected chi connectivity index (χ0v) is 8.28. The molecule has 70 valence electrons. The standard InChI is InChI=1S/C9H7N3OS/c1-13-7-4-2-3-6-8(7)14-9-10-5-11-12(6)9/h2-5H,1H3. The van der Waals surface area contributed by atoms with Crippen LogP contribution in [0.25, 0.3) is 15.2 Å². The van der Waals surface area contributed by atoms with E-state index in [1.807, 2.05) is 22.7 Å². The highest BCUT2D eigenvalue weighted by Gasteiger charge is 2.09. The monoisotopic (exact) mass is 205 g/mol. The summed E-state index contributed by atoms with van der Waals surface area (Å²) in [4.78, 5) is 5.04. The number of thiazole rings is 1. The third-order valence-electron chi connectivity index (χ3n) is 2.12. The molecular formula is C9H7N3OS. The van der Waals surface area contributed by atoms with Crippen LogP contribution in [0.5, 0.6) is 5.75 Å². The number of fused-ring (bicyclic) bond motifs is 3. The Bertz CT molecular complexity index is 598. The van der Waals surface area contributed by atoms with Crippen LogP contribution in [-0.2, 0) is 0 Å². The fourth-order valence-corrected chi connectivity index (χ4v) is 2.52. The molecule has 0 atom stereocenters. The summed E-state index contributed by atoms with van der Waals surface area (Å²) in [6, 6.07) is 5.91. The number of methoxy groups -OCH3 is 1. The minimum atomic E-state index is 0.875. The molecule has 0 unspecified atom stereocenters. The number of ether oxygens (including phenoxy) is 1. The van der Waals surface area contributed by atoms with Crippen molar-refractivity contribution in [1.29, 1.82) is 0 Å². The molecule has 1 aromatic carbocycles. The van der Waals surface area contributed by atoms with Gasteiger partial charge in [-0.05, 0) is 12.1 Å². The van der Waals surface area contributed by atoms with Crippen molar-refractivity contribution in [2.75, 3.05) is 7.11 Å². The highest BCUT2D eigenvalue weighted by atomic mass is 32.1. The summed E-state index contributed by atoms with van der Waals surface area (Å²) in [5.74, 6) is 0.875. The van der Waals surface area contributed by atoms with E-state index in [0.29, 0.717) is 0 Å². The molecule has 14 heavy (non-hydrogen) atoms. The van der Waals surface area contributed by atoms with Crippen LogP contribution in [0.3, 0.4) is 0 Å².